The van der Waals surface area contributed by atoms with Crippen molar-refractivity contribution < 1.29 is 19.1 Å². The molecule has 1 fully saturated rings. The highest BCUT2D eigenvalue weighted by molar-refractivity contribution is 5.99. The van der Waals surface area contributed by atoms with Crippen LogP contribution in [0.15, 0.2) is 18.2 Å². The number of amides is 2. The van der Waals surface area contributed by atoms with Gasteiger partial charge in [0.25, 0.3) is 0 Å². The van der Waals surface area contributed by atoms with Gasteiger partial charge in [0.05, 0.1) is 25.3 Å². The van der Waals surface area contributed by atoms with Crippen LogP contribution >= 0.6 is 0 Å². The predicted molar refractivity (Wildman–Crippen MR) is 94.8 cm³/mol. The summed E-state index contributed by atoms with van der Waals surface area (Å²) in [5.74, 6) is 0.642. The van der Waals surface area contributed by atoms with Crippen LogP contribution < -0.4 is 9.64 Å². The Labute approximate surface area is 148 Å². The van der Waals surface area contributed by atoms with E-state index in [1.54, 1.807) is 19.1 Å². The van der Waals surface area contributed by atoms with E-state index in [1.807, 2.05) is 23.1 Å². The van der Waals surface area contributed by atoms with E-state index in [0.29, 0.717) is 32.7 Å². The number of rotatable bonds is 5. The van der Waals surface area contributed by atoms with Crippen LogP contribution in [-0.2, 0) is 20.7 Å². The second kappa shape index (κ2) is 7.87. The van der Waals surface area contributed by atoms with Gasteiger partial charge >= 0.3 is 0 Å². The lowest BCUT2D eigenvalue weighted by Gasteiger charge is -2.26. The maximum absolute atomic E-state index is 13.2. The monoisotopic (exact) mass is 346 g/mol. The Bertz CT molecular complexity index is 646. The molecule has 136 valence electrons. The van der Waals surface area contributed by atoms with Crippen molar-refractivity contribution in [1.82, 2.24) is 4.90 Å². The lowest BCUT2D eigenvalue weighted by molar-refractivity contribution is -0.128. The van der Waals surface area contributed by atoms with Gasteiger partial charge in [-0.05, 0) is 31.4 Å². The Morgan fingerprint density at radius 2 is 2.12 bits per heavy atom. The van der Waals surface area contributed by atoms with Crippen molar-refractivity contribution in [1.29, 1.82) is 0 Å². The van der Waals surface area contributed by atoms with Crippen LogP contribution in [0.25, 0.3) is 0 Å². The quantitative estimate of drug-likeness (QED) is 0.817. The molecule has 1 unspecified atom stereocenters. The molecular weight excluding hydrogens is 320 g/mol. The van der Waals surface area contributed by atoms with Gasteiger partial charge in [-0.3, -0.25) is 9.59 Å². The first-order valence-electron chi connectivity index (χ1n) is 8.89. The number of methoxy groups -OCH3 is 2. The van der Waals surface area contributed by atoms with E-state index in [9.17, 15) is 9.59 Å². The van der Waals surface area contributed by atoms with Crippen molar-refractivity contribution >= 4 is 17.5 Å². The molecular formula is C19H26N2O4. The van der Waals surface area contributed by atoms with Crippen LogP contribution in [0.3, 0.4) is 0 Å². The van der Waals surface area contributed by atoms with Gasteiger partial charge in [0, 0.05) is 38.7 Å². The van der Waals surface area contributed by atoms with Gasteiger partial charge < -0.3 is 19.3 Å². The average Bonchev–Trinajstić information content (AvgIpc) is 2.86. The number of carbonyl (C=O) groups is 2. The molecule has 3 rings (SSSR count). The first-order valence-corrected chi connectivity index (χ1v) is 8.89. The summed E-state index contributed by atoms with van der Waals surface area (Å²) >= 11 is 0. The minimum atomic E-state index is -0.276. The molecule has 2 amide bonds. The summed E-state index contributed by atoms with van der Waals surface area (Å²) in [6.45, 7) is 2.22. The highest BCUT2D eigenvalue weighted by Crippen LogP contribution is 2.35. The summed E-state index contributed by atoms with van der Waals surface area (Å²) in [4.78, 5) is 28.9. The Kier molecular flexibility index (Phi) is 5.58. The summed E-state index contributed by atoms with van der Waals surface area (Å²) in [7, 11) is 3.28. The van der Waals surface area contributed by atoms with Gasteiger partial charge in [0.15, 0.2) is 0 Å². The lowest BCUT2D eigenvalue weighted by atomic mass is 10.0. The minimum Gasteiger partial charge on any atom is -0.496 e. The van der Waals surface area contributed by atoms with E-state index in [-0.39, 0.29) is 17.7 Å². The topological polar surface area (TPSA) is 59.1 Å². The number of ether oxygens (including phenoxy) is 2. The third-order valence-electron chi connectivity index (χ3n) is 5.07. The lowest BCUT2D eigenvalue weighted by Crippen LogP contribution is -2.38. The Morgan fingerprint density at radius 1 is 1.28 bits per heavy atom. The summed E-state index contributed by atoms with van der Waals surface area (Å²) in [6, 6.07) is 5.85. The number of likely N-dealkylation sites (tertiary alicyclic amines) is 1. The van der Waals surface area contributed by atoms with E-state index in [2.05, 4.69) is 0 Å². The standard InChI is InChI=1S/C19H26N2O4/c1-24-11-10-20-13-14(12-18(20)22)19(23)21-9-4-3-6-15-16(21)7-5-8-17(15)25-2/h5,7-8,14H,3-4,6,9-13H2,1-2H3. The zero-order valence-corrected chi connectivity index (χ0v) is 15.0. The number of hydrogen-bond acceptors (Lipinski definition) is 4. The van der Waals surface area contributed by atoms with Crippen molar-refractivity contribution in [2.24, 2.45) is 5.92 Å². The Morgan fingerprint density at radius 3 is 2.88 bits per heavy atom. The van der Waals surface area contributed by atoms with Crippen LogP contribution in [0.5, 0.6) is 5.75 Å². The molecule has 0 spiro atoms. The van der Waals surface area contributed by atoms with Crippen LogP contribution in [0, 0.1) is 5.92 Å². The molecule has 1 aromatic rings. The third kappa shape index (κ3) is 3.63. The van der Waals surface area contributed by atoms with Crippen molar-refractivity contribution in [3.8, 4) is 5.75 Å². The van der Waals surface area contributed by atoms with Gasteiger partial charge in [-0.15, -0.1) is 0 Å². The number of anilines is 1. The average molecular weight is 346 g/mol. The molecule has 25 heavy (non-hydrogen) atoms. The molecule has 2 aliphatic heterocycles. The van der Waals surface area contributed by atoms with Crippen molar-refractivity contribution in [2.75, 3.05) is 45.4 Å². The fourth-order valence-corrected chi connectivity index (χ4v) is 3.75. The van der Waals surface area contributed by atoms with Crippen molar-refractivity contribution in [3.63, 3.8) is 0 Å². The Balaban J connectivity index is 1.80. The van der Waals surface area contributed by atoms with Gasteiger partial charge in [-0.1, -0.05) is 6.07 Å². The number of benzene rings is 1. The summed E-state index contributed by atoms with van der Waals surface area (Å²) < 4.78 is 10.5. The van der Waals surface area contributed by atoms with Gasteiger partial charge in [-0.25, -0.2) is 0 Å². The number of fused-ring (bicyclic) bond motifs is 1. The summed E-state index contributed by atoms with van der Waals surface area (Å²) in [5, 5.41) is 0. The maximum Gasteiger partial charge on any atom is 0.232 e. The molecule has 0 aliphatic carbocycles. The zero-order valence-electron chi connectivity index (χ0n) is 15.0. The van der Waals surface area contributed by atoms with Gasteiger partial charge in [-0.2, -0.15) is 0 Å². The maximum atomic E-state index is 13.2. The van der Waals surface area contributed by atoms with Crippen molar-refractivity contribution in [3.05, 3.63) is 23.8 Å². The normalized spacial score (nSPS) is 20.4. The van der Waals surface area contributed by atoms with E-state index in [4.69, 9.17) is 9.47 Å². The summed E-state index contributed by atoms with van der Waals surface area (Å²) in [6.07, 6.45) is 3.18. The zero-order chi connectivity index (χ0) is 17.8. The fourth-order valence-electron chi connectivity index (χ4n) is 3.75. The molecule has 2 heterocycles. The molecule has 6 heteroatoms. The van der Waals surface area contributed by atoms with Crippen LogP contribution in [0.4, 0.5) is 5.69 Å². The van der Waals surface area contributed by atoms with Crippen LogP contribution in [0.2, 0.25) is 0 Å². The molecule has 2 aliphatic rings. The molecule has 1 atom stereocenters. The van der Waals surface area contributed by atoms with E-state index in [1.165, 1.54) is 0 Å². The molecule has 1 saturated heterocycles. The molecule has 0 aromatic heterocycles. The van der Waals surface area contributed by atoms with Crippen LogP contribution in [-0.4, -0.2) is 57.2 Å². The summed E-state index contributed by atoms with van der Waals surface area (Å²) in [5.41, 5.74) is 2.03. The van der Waals surface area contributed by atoms with E-state index in [0.717, 1.165) is 36.3 Å². The molecule has 0 saturated carbocycles. The minimum absolute atomic E-state index is 0.0380. The Hall–Kier alpha value is -2.08. The van der Waals surface area contributed by atoms with Gasteiger partial charge in [0.1, 0.15) is 5.75 Å². The third-order valence-corrected chi connectivity index (χ3v) is 5.07. The largest absolute Gasteiger partial charge is 0.496 e. The van der Waals surface area contributed by atoms with E-state index >= 15 is 0 Å². The molecule has 0 bridgehead atoms. The van der Waals surface area contributed by atoms with Crippen LogP contribution in [0.1, 0.15) is 24.8 Å². The first kappa shape index (κ1) is 17.7. The molecule has 0 N–H and O–H groups in total. The molecule has 0 radical (unpaired) electrons. The molecule has 1 aromatic carbocycles. The number of hydrogen-bond donors (Lipinski definition) is 0. The second-order valence-corrected chi connectivity index (χ2v) is 6.64. The van der Waals surface area contributed by atoms with Crippen molar-refractivity contribution in [2.45, 2.75) is 25.7 Å². The smallest absolute Gasteiger partial charge is 0.232 e. The highest BCUT2D eigenvalue weighted by atomic mass is 16.5. The fraction of sp³-hybridized carbons (Fsp3) is 0.579. The number of carbonyl (C=O) groups excluding carboxylic acids is 2. The SMILES string of the molecule is COCCN1CC(C(=O)N2CCCCc3c(OC)cccc32)CC1=O. The van der Waals surface area contributed by atoms with E-state index < -0.39 is 0 Å². The highest BCUT2D eigenvalue weighted by Gasteiger charge is 2.37. The van der Waals surface area contributed by atoms with Gasteiger partial charge in [0.2, 0.25) is 11.8 Å². The second-order valence-electron chi connectivity index (χ2n) is 6.64. The number of nitrogens with zero attached hydrogens (tertiary/aromatic N) is 2. The molecule has 6 nitrogen and oxygen atoms in total. The first-order chi connectivity index (χ1) is 12.2. The predicted octanol–water partition coefficient (Wildman–Crippen LogP) is 1.86.